The van der Waals surface area contributed by atoms with Gasteiger partial charge < -0.3 is 0 Å². The number of unbranched alkanes of at least 4 members (excludes halogenated alkanes) is 1. The number of fused-ring (bicyclic) bond motifs is 1. The summed E-state index contributed by atoms with van der Waals surface area (Å²) < 4.78 is 0. The smallest absolute Gasteiger partial charge is 0.0182 e. The minimum Gasteiger partial charge on any atom is -0.0916 e. The lowest BCUT2D eigenvalue weighted by Gasteiger charge is -2.27. The molecule has 1 aliphatic rings. The third-order valence-corrected chi connectivity index (χ3v) is 4.10. The molecular formula is C17H24. The Morgan fingerprint density at radius 3 is 2.35 bits per heavy atom. The van der Waals surface area contributed by atoms with Gasteiger partial charge >= 0.3 is 0 Å². The lowest BCUT2D eigenvalue weighted by molar-refractivity contribution is 0.273. The third-order valence-electron chi connectivity index (χ3n) is 4.10. The van der Waals surface area contributed by atoms with Gasteiger partial charge in [-0.25, -0.2) is 0 Å². The Kier molecular flexibility index (Phi) is 4.04. The number of allylic oxidation sites excluding steroid dienone is 2. The van der Waals surface area contributed by atoms with E-state index in [0.717, 1.165) is 0 Å². The molecule has 1 aliphatic carbocycles. The molecule has 92 valence electrons. The Morgan fingerprint density at radius 2 is 1.82 bits per heavy atom. The topological polar surface area (TPSA) is 0 Å². The molecule has 1 aromatic carbocycles. The monoisotopic (exact) mass is 228 g/mol. The van der Waals surface area contributed by atoms with E-state index >= 15 is 0 Å². The zero-order valence-corrected chi connectivity index (χ0v) is 11.2. The molecule has 2 rings (SSSR count). The van der Waals surface area contributed by atoms with Crippen LogP contribution in [0.2, 0.25) is 0 Å². The van der Waals surface area contributed by atoms with E-state index < -0.39 is 0 Å². The first kappa shape index (κ1) is 12.4. The van der Waals surface area contributed by atoms with Crippen LogP contribution < -0.4 is 0 Å². The van der Waals surface area contributed by atoms with Gasteiger partial charge in [-0.15, -0.1) is 0 Å². The first-order valence-corrected chi connectivity index (χ1v) is 6.97. The maximum Gasteiger partial charge on any atom is -0.0182 e. The summed E-state index contributed by atoms with van der Waals surface area (Å²) in [6.45, 7) is 4.43. The molecule has 0 amide bonds. The van der Waals surface area contributed by atoms with E-state index in [0.29, 0.717) is 5.41 Å². The molecule has 0 bridgehead atoms. The Bertz CT molecular complexity index is 362. The van der Waals surface area contributed by atoms with Gasteiger partial charge in [-0.3, -0.25) is 0 Å². The highest BCUT2D eigenvalue weighted by Crippen LogP contribution is 2.43. The standard InChI is InChI=1S/C17H24/c1-3-5-11-17(12-6-4-2)13-15-9-7-8-10-16(15)14-17/h3,5,7-10H,4,6,11-14H2,1-2H3/b5-3+. The summed E-state index contributed by atoms with van der Waals surface area (Å²) in [6.07, 6.45) is 12.4. The maximum absolute atomic E-state index is 2.36. The molecule has 0 radical (unpaired) electrons. The first-order chi connectivity index (χ1) is 8.29. The van der Waals surface area contributed by atoms with Crippen molar-refractivity contribution in [3.8, 4) is 0 Å². The summed E-state index contributed by atoms with van der Waals surface area (Å²) in [6, 6.07) is 9.01. The van der Waals surface area contributed by atoms with Crippen LogP contribution in [0.1, 0.15) is 50.7 Å². The number of benzene rings is 1. The van der Waals surface area contributed by atoms with Crippen molar-refractivity contribution in [2.45, 2.75) is 52.4 Å². The minimum absolute atomic E-state index is 0.520. The van der Waals surface area contributed by atoms with Crippen molar-refractivity contribution in [1.82, 2.24) is 0 Å². The van der Waals surface area contributed by atoms with Crippen molar-refractivity contribution in [1.29, 1.82) is 0 Å². The Morgan fingerprint density at radius 1 is 1.18 bits per heavy atom. The van der Waals surface area contributed by atoms with E-state index in [2.05, 4.69) is 50.3 Å². The summed E-state index contributed by atoms with van der Waals surface area (Å²) in [5.74, 6) is 0. The molecule has 0 nitrogen and oxygen atoms in total. The van der Waals surface area contributed by atoms with Crippen molar-refractivity contribution in [3.05, 3.63) is 47.5 Å². The lowest BCUT2D eigenvalue weighted by atomic mass is 9.77. The van der Waals surface area contributed by atoms with Gasteiger partial charge in [-0.05, 0) is 49.1 Å². The quantitative estimate of drug-likeness (QED) is 0.627. The van der Waals surface area contributed by atoms with Crippen LogP contribution in [0.15, 0.2) is 36.4 Å². The molecule has 0 saturated carbocycles. The van der Waals surface area contributed by atoms with Crippen molar-refractivity contribution in [2.24, 2.45) is 5.41 Å². The van der Waals surface area contributed by atoms with E-state index in [1.807, 2.05) is 0 Å². The van der Waals surface area contributed by atoms with Gasteiger partial charge in [-0.2, -0.15) is 0 Å². The third kappa shape index (κ3) is 2.80. The fraction of sp³-hybridized carbons (Fsp3) is 0.529. The fourth-order valence-electron chi connectivity index (χ4n) is 3.12. The van der Waals surface area contributed by atoms with Crippen LogP contribution in [0.25, 0.3) is 0 Å². The van der Waals surface area contributed by atoms with Crippen LogP contribution in [0.3, 0.4) is 0 Å². The zero-order valence-electron chi connectivity index (χ0n) is 11.2. The average molecular weight is 228 g/mol. The van der Waals surface area contributed by atoms with Crippen LogP contribution in [0.5, 0.6) is 0 Å². The second kappa shape index (κ2) is 5.53. The SMILES string of the molecule is C/C=C/CC1(CCCC)Cc2ccccc2C1. The number of rotatable bonds is 5. The second-order valence-corrected chi connectivity index (χ2v) is 5.50. The van der Waals surface area contributed by atoms with Crippen LogP contribution in [0.4, 0.5) is 0 Å². The van der Waals surface area contributed by atoms with Crippen LogP contribution >= 0.6 is 0 Å². The number of hydrogen-bond donors (Lipinski definition) is 0. The highest BCUT2D eigenvalue weighted by atomic mass is 14.4. The van der Waals surface area contributed by atoms with Gasteiger partial charge in [0, 0.05) is 0 Å². The van der Waals surface area contributed by atoms with Crippen molar-refractivity contribution < 1.29 is 0 Å². The predicted molar refractivity (Wildman–Crippen MR) is 75.2 cm³/mol. The molecule has 0 saturated heterocycles. The van der Waals surface area contributed by atoms with E-state index in [1.54, 1.807) is 11.1 Å². The van der Waals surface area contributed by atoms with Gasteiger partial charge in [0.2, 0.25) is 0 Å². The highest BCUT2D eigenvalue weighted by Gasteiger charge is 2.35. The van der Waals surface area contributed by atoms with Crippen molar-refractivity contribution >= 4 is 0 Å². The Hall–Kier alpha value is -1.04. The molecule has 1 aromatic rings. The highest BCUT2D eigenvalue weighted by molar-refractivity contribution is 5.34. The molecular weight excluding hydrogens is 204 g/mol. The second-order valence-electron chi connectivity index (χ2n) is 5.50. The summed E-state index contributed by atoms with van der Waals surface area (Å²) in [7, 11) is 0. The van der Waals surface area contributed by atoms with Gasteiger partial charge in [0.1, 0.15) is 0 Å². The molecule has 0 spiro atoms. The average Bonchev–Trinajstić information content (AvgIpc) is 2.73. The normalized spacial score (nSPS) is 17.5. The molecule has 0 N–H and O–H groups in total. The molecule has 0 heterocycles. The van der Waals surface area contributed by atoms with Crippen LogP contribution in [0, 0.1) is 5.41 Å². The van der Waals surface area contributed by atoms with Crippen LogP contribution in [-0.2, 0) is 12.8 Å². The van der Waals surface area contributed by atoms with Gasteiger partial charge in [-0.1, -0.05) is 56.2 Å². The minimum atomic E-state index is 0.520. The Labute approximate surface area is 106 Å². The summed E-state index contributed by atoms with van der Waals surface area (Å²) >= 11 is 0. The predicted octanol–water partition coefficient (Wildman–Crippen LogP) is 4.93. The molecule has 0 fully saturated rings. The van der Waals surface area contributed by atoms with Gasteiger partial charge in [0.05, 0.1) is 0 Å². The molecule has 0 aromatic heterocycles. The van der Waals surface area contributed by atoms with Gasteiger partial charge in [0.25, 0.3) is 0 Å². The zero-order chi connectivity index (χ0) is 12.1. The van der Waals surface area contributed by atoms with Crippen molar-refractivity contribution in [3.63, 3.8) is 0 Å². The van der Waals surface area contributed by atoms with E-state index in [1.165, 1.54) is 38.5 Å². The van der Waals surface area contributed by atoms with Crippen molar-refractivity contribution in [2.75, 3.05) is 0 Å². The first-order valence-electron chi connectivity index (χ1n) is 6.97. The van der Waals surface area contributed by atoms with E-state index in [4.69, 9.17) is 0 Å². The molecule has 0 heteroatoms. The molecule has 0 unspecified atom stereocenters. The fourth-order valence-corrected chi connectivity index (χ4v) is 3.12. The van der Waals surface area contributed by atoms with Crippen LogP contribution in [-0.4, -0.2) is 0 Å². The molecule has 0 atom stereocenters. The lowest BCUT2D eigenvalue weighted by Crippen LogP contribution is -2.20. The summed E-state index contributed by atoms with van der Waals surface area (Å²) in [5, 5.41) is 0. The maximum atomic E-state index is 2.36. The number of hydrogen-bond acceptors (Lipinski definition) is 0. The van der Waals surface area contributed by atoms with E-state index in [-0.39, 0.29) is 0 Å². The molecule has 0 aliphatic heterocycles. The van der Waals surface area contributed by atoms with E-state index in [9.17, 15) is 0 Å². The van der Waals surface area contributed by atoms with Gasteiger partial charge in [0.15, 0.2) is 0 Å². The summed E-state index contributed by atoms with van der Waals surface area (Å²) in [4.78, 5) is 0. The largest absolute Gasteiger partial charge is 0.0916 e. The molecule has 17 heavy (non-hydrogen) atoms. The Balaban J connectivity index is 2.15. The summed E-state index contributed by atoms with van der Waals surface area (Å²) in [5.41, 5.74) is 3.70.